The van der Waals surface area contributed by atoms with Gasteiger partial charge in [0, 0.05) is 11.6 Å². The van der Waals surface area contributed by atoms with Gasteiger partial charge in [0.05, 0.1) is 22.9 Å². The lowest BCUT2D eigenvalue weighted by molar-refractivity contribution is -0.129. The smallest absolute Gasteiger partial charge is 0.249 e. The molecule has 5 rings (SSSR count). The lowest BCUT2D eigenvalue weighted by Crippen LogP contribution is -2.34. The van der Waals surface area contributed by atoms with Crippen LogP contribution >= 0.6 is 23.4 Å². The summed E-state index contributed by atoms with van der Waals surface area (Å²) in [6.45, 7) is 2.39. The summed E-state index contributed by atoms with van der Waals surface area (Å²) >= 11 is 7.54. The Kier molecular flexibility index (Phi) is 6.64. The summed E-state index contributed by atoms with van der Waals surface area (Å²) in [7, 11) is 0. The van der Waals surface area contributed by atoms with Gasteiger partial charge in [-0.3, -0.25) is 9.89 Å². The lowest BCUT2D eigenvalue weighted by Gasteiger charge is -2.19. The van der Waals surface area contributed by atoms with E-state index in [1.54, 1.807) is 11.0 Å². The molecule has 174 valence electrons. The van der Waals surface area contributed by atoms with E-state index in [2.05, 4.69) is 44.4 Å². The first-order chi connectivity index (χ1) is 16.6. The number of nitrogens with one attached hydrogen (secondary N) is 1. The van der Waals surface area contributed by atoms with E-state index >= 15 is 0 Å². The number of aryl methyl sites for hydroxylation is 1. The number of hydrogen-bond acceptors (Lipinski definition) is 7. The van der Waals surface area contributed by atoms with Crippen molar-refractivity contribution >= 4 is 29.3 Å². The van der Waals surface area contributed by atoms with E-state index in [1.165, 1.54) is 17.3 Å². The normalized spacial score (nSPS) is 13.2. The second-order valence-corrected chi connectivity index (χ2v) is 9.39. The summed E-state index contributed by atoms with van der Waals surface area (Å²) in [4.78, 5) is 19.3. The van der Waals surface area contributed by atoms with Crippen LogP contribution in [0.3, 0.4) is 0 Å². The van der Waals surface area contributed by atoms with Crippen molar-refractivity contribution in [3.05, 3.63) is 65.0 Å². The van der Waals surface area contributed by atoms with Gasteiger partial charge in [0.2, 0.25) is 22.8 Å². The molecule has 34 heavy (non-hydrogen) atoms. The Morgan fingerprint density at radius 3 is 2.71 bits per heavy atom. The van der Waals surface area contributed by atoms with Gasteiger partial charge in [0.15, 0.2) is 5.82 Å². The maximum absolute atomic E-state index is 13.0. The zero-order chi connectivity index (χ0) is 23.5. The third-order valence-electron chi connectivity index (χ3n) is 5.61. The van der Waals surface area contributed by atoms with Crippen LogP contribution in [-0.2, 0) is 17.8 Å². The van der Waals surface area contributed by atoms with Gasteiger partial charge in [0.1, 0.15) is 0 Å². The molecule has 0 atom stereocenters. The summed E-state index contributed by atoms with van der Waals surface area (Å²) < 4.78 is 5.80. The molecule has 1 fully saturated rings. The number of aromatic nitrogens is 5. The second kappa shape index (κ2) is 9.99. The Balaban J connectivity index is 1.21. The molecule has 1 aliphatic carbocycles. The number of H-pyrrole nitrogens is 1. The molecule has 0 saturated heterocycles. The molecule has 0 radical (unpaired) electrons. The van der Waals surface area contributed by atoms with Crippen LogP contribution in [0.15, 0.2) is 58.1 Å². The lowest BCUT2D eigenvalue weighted by atomic mass is 10.1. The number of aromatic amines is 1. The molecule has 2 aromatic heterocycles. The highest BCUT2D eigenvalue weighted by molar-refractivity contribution is 7.99. The maximum Gasteiger partial charge on any atom is 0.249 e. The van der Waals surface area contributed by atoms with Crippen molar-refractivity contribution in [3.8, 4) is 22.8 Å². The second-order valence-electron chi connectivity index (χ2n) is 8.04. The molecule has 1 aliphatic rings. The van der Waals surface area contributed by atoms with E-state index in [0.29, 0.717) is 33.3 Å². The molecule has 4 aromatic rings. The highest BCUT2D eigenvalue weighted by atomic mass is 35.5. The number of rotatable bonds is 9. The summed E-state index contributed by atoms with van der Waals surface area (Å²) in [5.41, 5.74) is 2.91. The summed E-state index contributed by atoms with van der Waals surface area (Å²) in [5.74, 6) is 1.64. The van der Waals surface area contributed by atoms with Gasteiger partial charge < -0.3 is 9.32 Å². The SMILES string of the molecule is CCc1ccc(-c2nc(SCC(=O)N(Cc3nnc(-c4ccccc4Cl)o3)C3CC3)n[nH]2)cc1. The largest absolute Gasteiger partial charge is 0.419 e. The molecule has 2 heterocycles. The first kappa shape index (κ1) is 22.6. The van der Waals surface area contributed by atoms with E-state index in [4.69, 9.17) is 16.0 Å². The van der Waals surface area contributed by atoms with E-state index in [9.17, 15) is 4.79 Å². The third-order valence-corrected chi connectivity index (χ3v) is 6.77. The van der Waals surface area contributed by atoms with Gasteiger partial charge in [-0.15, -0.1) is 15.3 Å². The molecular formula is C24H23ClN6O2S. The van der Waals surface area contributed by atoms with Crippen molar-refractivity contribution in [3.63, 3.8) is 0 Å². The monoisotopic (exact) mass is 494 g/mol. The van der Waals surface area contributed by atoms with Gasteiger partial charge in [-0.25, -0.2) is 4.98 Å². The van der Waals surface area contributed by atoms with Crippen LogP contribution in [0.5, 0.6) is 0 Å². The van der Waals surface area contributed by atoms with Crippen molar-refractivity contribution in [2.45, 2.75) is 43.9 Å². The standard InChI is InChI=1S/C24H23ClN6O2S/c1-2-15-7-9-16(10-8-15)22-26-24(30-28-22)34-14-21(32)31(17-11-12-17)13-20-27-29-23(33-20)18-5-3-4-6-19(18)25/h3-10,17H,2,11-14H2,1H3,(H,26,28,30). The van der Waals surface area contributed by atoms with Crippen molar-refractivity contribution in [2.75, 3.05) is 5.75 Å². The molecule has 1 N–H and O–H groups in total. The van der Waals surface area contributed by atoms with Crippen LogP contribution < -0.4 is 0 Å². The number of halogens is 1. The van der Waals surface area contributed by atoms with E-state index in [1.807, 2.05) is 30.3 Å². The zero-order valence-electron chi connectivity index (χ0n) is 18.6. The van der Waals surface area contributed by atoms with E-state index in [-0.39, 0.29) is 24.2 Å². The van der Waals surface area contributed by atoms with Crippen molar-refractivity contribution < 1.29 is 9.21 Å². The Morgan fingerprint density at radius 1 is 1.18 bits per heavy atom. The Morgan fingerprint density at radius 2 is 1.97 bits per heavy atom. The minimum Gasteiger partial charge on any atom is -0.419 e. The Hall–Kier alpha value is -3.17. The van der Waals surface area contributed by atoms with Gasteiger partial charge in [-0.05, 0) is 37.0 Å². The van der Waals surface area contributed by atoms with Crippen LogP contribution in [0.2, 0.25) is 5.02 Å². The first-order valence-electron chi connectivity index (χ1n) is 11.1. The fourth-order valence-electron chi connectivity index (χ4n) is 3.56. The predicted molar refractivity (Wildman–Crippen MR) is 130 cm³/mol. The van der Waals surface area contributed by atoms with E-state index < -0.39 is 0 Å². The molecule has 1 saturated carbocycles. The fraction of sp³-hybridized carbons (Fsp3) is 0.292. The van der Waals surface area contributed by atoms with Gasteiger partial charge >= 0.3 is 0 Å². The minimum atomic E-state index is -0.0105. The highest BCUT2D eigenvalue weighted by Crippen LogP contribution is 2.31. The summed E-state index contributed by atoms with van der Waals surface area (Å²) in [6, 6.07) is 15.7. The summed E-state index contributed by atoms with van der Waals surface area (Å²) in [5, 5.41) is 16.5. The number of nitrogens with zero attached hydrogens (tertiary/aromatic N) is 5. The number of carbonyl (C=O) groups is 1. The van der Waals surface area contributed by atoms with Crippen LogP contribution in [0, 0.1) is 0 Å². The molecule has 8 nitrogen and oxygen atoms in total. The molecular weight excluding hydrogens is 472 g/mol. The molecule has 0 spiro atoms. The molecule has 0 aliphatic heterocycles. The van der Waals surface area contributed by atoms with Crippen LogP contribution in [0.25, 0.3) is 22.8 Å². The quantitative estimate of drug-likeness (QED) is 0.326. The maximum atomic E-state index is 13.0. The van der Waals surface area contributed by atoms with E-state index in [0.717, 1.165) is 24.8 Å². The van der Waals surface area contributed by atoms with Crippen molar-refractivity contribution in [1.29, 1.82) is 0 Å². The van der Waals surface area contributed by atoms with Crippen molar-refractivity contribution in [1.82, 2.24) is 30.3 Å². The van der Waals surface area contributed by atoms with Crippen LogP contribution in [0.1, 0.15) is 31.2 Å². The topological polar surface area (TPSA) is 101 Å². The predicted octanol–water partition coefficient (Wildman–Crippen LogP) is 5.02. The first-order valence-corrected chi connectivity index (χ1v) is 12.5. The molecule has 0 unspecified atom stereocenters. The fourth-order valence-corrected chi connectivity index (χ4v) is 4.46. The Labute approximate surface area is 206 Å². The molecule has 10 heteroatoms. The van der Waals surface area contributed by atoms with Gasteiger partial charge in [-0.1, -0.05) is 66.7 Å². The number of benzene rings is 2. The average Bonchev–Trinajstić information content (AvgIpc) is 3.40. The number of thioether (sulfide) groups is 1. The van der Waals surface area contributed by atoms with Crippen molar-refractivity contribution in [2.24, 2.45) is 0 Å². The minimum absolute atomic E-state index is 0.0105. The summed E-state index contributed by atoms with van der Waals surface area (Å²) in [6.07, 6.45) is 2.93. The van der Waals surface area contributed by atoms with Crippen LogP contribution in [-0.4, -0.2) is 48.0 Å². The molecule has 1 amide bonds. The number of hydrogen-bond donors (Lipinski definition) is 1. The number of carbonyl (C=O) groups excluding carboxylic acids is 1. The van der Waals surface area contributed by atoms with Crippen LogP contribution in [0.4, 0.5) is 0 Å². The molecule has 0 bridgehead atoms. The highest BCUT2D eigenvalue weighted by Gasteiger charge is 2.34. The zero-order valence-corrected chi connectivity index (χ0v) is 20.1. The molecule has 2 aromatic carbocycles. The Bertz CT molecular complexity index is 1280. The van der Waals surface area contributed by atoms with Gasteiger partial charge in [-0.2, -0.15) is 0 Å². The van der Waals surface area contributed by atoms with Gasteiger partial charge in [0.25, 0.3) is 0 Å². The average molecular weight is 495 g/mol. The number of amides is 1. The third kappa shape index (κ3) is 5.15.